The quantitative estimate of drug-likeness (QED) is 0.790. The van der Waals surface area contributed by atoms with Gasteiger partial charge in [-0.05, 0) is 29.8 Å². The van der Waals surface area contributed by atoms with Crippen LogP contribution in [0.3, 0.4) is 0 Å². The maximum atomic E-state index is 11.9. The van der Waals surface area contributed by atoms with Gasteiger partial charge in [0, 0.05) is 17.3 Å². The highest BCUT2D eigenvalue weighted by Gasteiger charge is 2.03. The summed E-state index contributed by atoms with van der Waals surface area (Å²) in [6.07, 6.45) is 3.44. The van der Waals surface area contributed by atoms with Crippen LogP contribution < -0.4 is 0 Å². The Hall–Kier alpha value is -1.48. The number of rotatable bonds is 3. The number of nitrogens with zero attached hydrogens (tertiary/aromatic N) is 1. The molecule has 0 amide bonds. The summed E-state index contributed by atoms with van der Waals surface area (Å²) < 4.78 is 11.9. The van der Waals surface area contributed by atoms with Crippen molar-refractivity contribution < 1.29 is 4.21 Å². The van der Waals surface area contributed by atoms with Gasteiger partial charge in [0.05, 0.1) is 16.6 Å². The number of pyridine rings is 1. The average molecular weight is 217 g/mol. The van der Waals surface area contributed by atoms with Crippen molar-refractivity contribution in [3.8, 4) is 0 Å². The standard InChI is InChI=1S/C12H11NOS/c14-15(12-4-2-1-3-5-12)10-11-6-8-13-9-7-11/h1-9H,10H2. The van der Waals surface area contributed by atoms with Crippen molar-refractivity contribution >= 4 is 10.8 Å². The van der Waals surface area contributed by atoms with Crippen LogP contribution in [0.25, 0.3) is 0 Å². The van der Waals surface area contributed by atoms with Crippen molar-refractivity contribution in [2.45, 2.75) is 10.6 Å². The maximum Gasteiger partial charge on any atom is 0.0574 e. The van der Waals surface area contributed by atoms with Crippen molar-refractivity contribution in [1.29, 1.82) is 0 Å². The van der Waals surface area contributed by atoms with E-state index in [4.69, 9.17) is 0 Å². The molecule has 0 bridgehead atoms. The van der Waals surface area contributed by atoms with E-state index in [1.165, 1.54) is 0 Å². The minimum absolute atomic E-state index is 0.548. The molecule has 1 aromatic heterocycles. The Morgan fingerprint density at radius 2 is 1.67 bits per heavy atom. The third kappa shape index (κ3) is 2.73. The third-order valence-corrected chi connectivity index (χ3v) is 3.45. The highest BCUT2D eigenvalue weighted by Crippen LogP contribution is 2.10. The SMILES string of the molecule is O=S(Cc1ccncc1)c1ccccc1. The van der Waals surface area contributed by atoms with E-state index >= 15 is 0 Å². The molecular weight excluding hydrogens is 206 g/mol. The van der Waals surface area contributed by atoms with Gasteiger partial charge in [-0.15, -0.1) is 0 Å². The Balaban J connectivity index is 2.12. The molecule has 0 aliphatic rings. The van der Waals surface area contributed by atoms with Gasteiger partial charge in [-0.1, -0.05) is 18.2 Å². The molecule has 2 nitrogen and oxygen atoms in total. The van der Waals surface area contributed by atoms with Gasteiger partial charge in [-0.2, -0.15) is 0 Å². The zero-order chi connectivity index (χ0) is 10.5. The topological polar surface area (TPSA) is 30.0 Å². The largest absolute Gasteiger partial charge is 0.265 e. The summed E-state index contributed by atoms with van der Waals surface area (Å²) in [6, 6.07) is 13.3. The lowest BCUT2D eigenvalue weighted by atomic mass is 10.3. The van der Waals surface area contributed by atoms with Gasteiger partial charge in [-0.3, -0.25) is 9.19 Å². The van der Waals surface area contributed by atoms with Crippen molar-refractivity contribution in [3.63, 3.8) is 0 Å². The first-order valence-electron chi connectivity index (χ1n) is 4.68. The van der Waals surface area contributed by atoms with Crippen LogP contribution in [-0.2, 0) is 16.6 Å². The summed E-state index contributed by atoms with van der Waals surface area (Å²) >= 11 is 0. The molecule has 1 unspecified atom stereocenters. The highest BCUT2D eigenvalue weighted by atomic mass is 32.2. The fourth-order valence-electron chi connectivity index (χ4n) is 1.29. The van der Waals surface area contributed by atoms with Gasteiger partial charge in [0.1, 0.15) is 0 Å². The Morgan fingerprint density at radius 1 is 1.00 bits per heavy atom. The maximum absolute atomic E-state index is 11.9. The fraction of sp³-hybridized carbons (Fsp3) is 0.0833. The monoisotopic (exact) mass is 217 g/mol. The van der Waals surface area contributed by atoms with E-state index in [1.54, 1.807) is 12.4 Å². The van der Waals surface area contributed by atoms with E-state index in [9.17, 15) is 4.21 Å². The molecule has 1 aromatic carbocycles. The number of hydrogen-bond donors (Lipinski definition) is 0. The predicted octanol–water partition coefficient (Wildman–Crippen LogP) is 2.39. The first kappa shape index (κ1) is 10.1. The van der Waals surface area contributed by atoms with Gasteiger partial charge in [0.15, 0.2) is 0 Å². The molecule has 1 heterocycles. The lowest BCUT2D eigenvalue weighted by Crippen LogP contribution is -1.95. The molecule has 3 heteroatoms. The molecule has 0 saturated heterocycles. The molecule has 0 aliphatic heterocycles. The second-order valence-corrected chi connectivity index (χ2v) is 4.61. The zero-order valence-electron chi connectivity index (χ0n) is 8.17. The summed E-state index contributed by atoms with van der Waals surface area (Å²) in [5.74, 6) is 0.548. The minimum Gasteiger partial charge on any atom is -0.265 e. The Kier molecular flexibility index (Phi) is 3.25. The number of benzene rings is 1. The molecule has 0 aliphatic carbocycles. The predicted molar refractivity (Wildman–Crippen MR) is 60.8 cm³/mol. The van der Waals surface area contributed by atoms with E-state index in [-0.39, 0.29) is 0 Å². The molecule has 76 valence electrons. The first-order valence-corrected chi connectivity index (χ1v) is 6.00. The van der Waals surface area contributed by atoms with Crippen molar-refractivity contribution in [2.75, 3.05) is 0 Å². The van der Waals surface area contributed by atoms with Crippen LogP contribution in [-0.4, -0.2) is 9.19 Å². The van der Waals surface area contributed by atoms with E-state index in [2.05, 4.69) is 4.98 Å². The Labute approximate surface area is 91.4 Å². The molecule has 0 fully saturated rings. The molecule has 1 atom stereocenters. The minimum atomic E-state index is -0.962. The van der Waals surface area contributed by atoms with Gasteiger partial charge < -0.3 is 0 Å². The molecule has 0 N–H and O–H groups in total. The summed E-state index contributed by atoms with van der Waals surface area (Å²) in [7, 11) is -0.962. The number of aromatic nitrogens is 1. The van der Waals surface area contributed by atoms with Crippen LogP contribution in [0.15, 0.2) is 59.8 Å². The second kappa shape index (κ2) is 4.84. The molecule has 15 heavy (non-hydrogen) atoms. The molecule has 0 spiro atoms. The van der Waals surface area contributed by atoms with Gasteiger partial charge in [0.25, 0.3) is 0 Å². The van der Waals surface area contributed by atoms with Crippen LogP contribution in [0.1, 0.15) is 5.56 Å². The van der Waals surface area contributed by atoms with E-state index in [1.807, 2.05) is 42.5 Å². The Bertz CT molecular complexity index is 442. The average Bonchev–Trinajstić information content (AvgIpc) is 2.31. The highest BCUT2D eigenvalue weighted by molar-refractivity contribution is 7.84. The van der Waals surface area contributed by atoms with Crippen molar-refractivity contribution in [2.24, 2.45) is 0 Å². The van der Waals surface area contributed by atoms with Crippen LogP contribution >= 0.6 is 0 Å². The molecular formula is C12H11NOS. The van der Waals surface area contributed by atoms with Gasteiger partial charge in [0.2, 0.25) is 0 Å². The van der Waals surface area contributed by atoms with Crippen LogP contribution in [0.2, 0.25) is 0 Å². The lowest BCUT2D eigenvalue weighted by molar-refractivity contribution is 0.682. The van der Waals surface area contributed by atoms with Crippen molar-refractivity contribution in [1.82, 2.24) is 4.98 Å². The lowest BCUT2D eigenvalue weighted by Gasteiger charge is -2.01. The molecule has 0 radical (unpaired) electrons. The van der Waals surface area contributed by atoms with Gasteiger partial charge >= 0.3 is 0 Å². The zero-order valence-corrected chi connectivity index (χ0v) is 8.98. The Morgan fingerprint density at radius 3 is 2.33 bits per heavy atom. The fourth-order valence-corrected chi connectivity index (χ4v) is 2.41. The van der Waals surface area contributed by atoms with Crippen LogP contribution in [0, 0.1) is 0 Å². The van der Waals surface area contributed by atoms with E-state index in [0.29, 0.717) is 5.75 Å². The van der Waals surface area contributed by atoms with E-state index < -0.39 is 10.8 Å². The normalized spacial score (nSPS) is 12.3. The number of hydrogen-bond acceptors (Lipinski definition) is 2. The van der Waals surface area contributed by atoms with Crippen LogP contribution in [0.5, 0.6) is 0 Å². The summed E-state index contributed by atoms with van der Waals surface area (Å²) in [6.45, 7) is 0. The second-order valence-electron chi connectivity index (χ2n) is 3.16. The van der Waals surface area contributed by atoms with Crippen LogP contribution in [0.4, 0.5) is 0 Å². The summed E-state index contributed by atoms with van der Waals surface area (Å²) in [4.78, 5) is 4.80. The summed E-state index contributed by atoms with van der Waals surface area (Å²) in [5.41, 5.74) is 1.05. The third-order valence-electron chi connectivity index (χ3n) is 2.05. The van der Waals surface area contributed by atoms with Crippen molar-refractivity contribution in [3.05, 3.63) is 60.4 Å². The first-order chi connectivity index (χ1) is 7.36. The van der Waals surface area contributed by atoms with E-state index in [0.717, 1.165) is 10.5 Å². The van der Waals surface area contributed by atoms with Gasteiger partial charge in [-0.25, -0.2) is 0 Å². The molecule has 2 rings (SSSR count). The summed E-state index contributed by atoms with van der Waals surface area (Å²) in [5, 5.41) is 0. The smallest absolute Gasteiger partial charge is 0.0574 e. The molecule has 0 saturated carbocycles. The molecule has 2 aromatic rings.